The van der Waals surface area contributed by atoms with Crippen LogP contribution in [0.15, 0.2) is 35.9 Å². The summed E-state index contributed by atoms with van der Waals surface area (Å²) in [6, 6.07) is 7.16. The zero-order chi connectivity index (χ0) is 14.6. The number of hydrogen-bond acceptors (Lipinski definition) is 3. The largest absolute Gasteiger partial charge is 0.490 e. The fourth-order valence-corrected chi connectivity index (χ4v) is 2.07. The molecule has 0 unspecified atom stereocenters. The van der Waals surface area contributed by atoms with Crippen LogP contribution in [0.1, 0.15) is 6.42 Å². The molecule has 0 saturated carbocycles. The molecule has 0 aliphatic carbocycles. The third kappa shape index (κ3) is 3.90. The average Bonchev–Trinajstić information content (AvgIpc) is 2.40. The summed E-state index contributed by atoms with van der Waals surface area (Å²) in [6.45, 7) is 1.70. The summed E-state index contributed by atoms with van der Waals surface area (Å²) in [7, 11) is 0. The quantitative estimate of drug-likeness (QED) is 0.683. The SMILES string of the molecule is Nc1ccccc1OCCN1CC=C(C(F)(F)F)CC1. The molecule has 0 amide bonds. The Bertz CT molecular complexity index is 486. The molecule has 1 aromatic carbocycles. The number of rotatable bonds is 4. The van der Waals surface area contributed by atoms with Crippen molar-refractivity contribution in [1.82, 2.24) is 4.90 Å². The van der Waals surface area contributed by atoms with Gasteiger partial charge in [-0.05, 0) is 18.6 Å². The molecule has 20 heavy (non-hydrogen) atoms. The highest BCUT2D eigenvalue weighted by molar-refractivity contribution is 5.51. The molecule has 0 bridgehead atoms. The maximum absolute atomic E-state index is 12.5. The van der Waals surface area contributed by atoms with Crippen molar-refractivity contribution in [3.8, 4) is 5.75 Å². The van der Waals surface area contributed by atoms with E-state index in [1.54, 1.807) is 12.1 Å². The van der Waals surface area contributed by atoms with Crippen LogP contribution in [-0.4, -0.2) is 37.3 Å². The minimum atomic E-state index is -4.19. The molecule has 6 heteroatoms. The van der Waals surface area contributed by atoms with E-state index in [4.69, 9.17) is 10.5 Å². The number of nitrogens with zero attached hydrogens (tertiary/aromatic N) is 1. The average molecular weight is 286 g/mol. The van der Waals surface area contributed by atoms with E-state index in [-0.39, 0.29) is 6.42 Å². The second-order valence-corrected chi connectivity index (χ2v) is 4.66. The molecule has 0 fully saturated rings. The summed E-state index contributed by atoms with van der Waals surface area (Å²) in [4.78, 5) is 1.92. The number of hydrogen-bond donors (Lipinski definition) is 1. The number of para-hydroxylation sites is 2. The number of halogens is 3. The van der Waals surface area contributed by atoms with Gasteiger partial charge in [-0.25, -0.2) is 0 Å². The predicted molar refractivity (Wildman–Crippen MR) is 71.5 cm³/mol. The van der Waals surface area contributed by atoms with Gasteiger partial charge in [-0.2, -0.15) is 13.2 Å². The standard InChI is InChI=1S/C14H17F3N2O/c15-14(16,17)11-5-7-19(8-6-11)9-10-20-13-4-2-1-3-12(13)18/h1-5H,6-10,18H2. The van der Waals surface area contributed by atoms with Crippen LogP contribution in [0, 0.1) is 0 Å². The fraction of sp³-hybridized carbons (Fsp3) is 0.429. The first-order valence-corrected chi connectivity index (χ1v) is 6.42. The number of anilines is 1. The van der Waals surface area contributed by atoms with Crippen molar-refractivity contribution in [3.05, 3.63) is 35.9 Å². The molecule has 0 spiro atoms. The topological polar surface area (TPSA) is 38.5 Å². The smallest absolute Gasteiger partial charge is 0.412 e. The Labute approximate surface area is 115 Å². The van der Waals surface area contributed by atoms with Crippen molar-refractivity contribution >= 4 is 5.69 Å². The zero-order valence-corrected chi connectivity index (χ0v) is 11.0. The Hall–Kier alpha value is -1.69. The predicted octanol–water partition coefficient (Wildman–Crippen LogP) is 2.84. The van der Waals surface area contributed by atoms with Gasteiger partial charge in [-0.15, -0.1) is 0 Å². The van der Waals surface area contributed by atoms with Crippen molar-refractivity contribution in [1.29, 1.82) is 0 Å². The third-order valence-corrected chi connectivity index (χ3v) is 3.24. The number of alkyl halides is 3. The lowest BCUT2D eigenvalue weighted by Gasteiger charge is -2.27. The molecule has 1 aliphatic heterocycles. The van der Waals surface area contributed by atoms with E-state index in [0.29, 0.717) is 37.7 Å². The third-order valence-electron chi connectivity index (χ3n) is 3.24. The lowest BCUT2D eigenvalue weighted by molar-refractivity contribution is -0.0960. The number of benzene rings is 1. The molecule has 2 N–H and O–H groups in total. The molecule has 1 aliphatic rings. The maximum Gasteiger partial charge on any atom is 0.412 e. The molecule has 0 atom stereocenters. The summed E-state index contributed by atoms with van der Waals surface area (Å²) < 4.78 is 42.9. The van der Waals surface area contributed by atoms with Crippen molar-refractivity contribution < 1.29 is 17.9 Å². The van der Waals surface area contributed by atoms with Crippen molar-refractivity contribution in [2.24, 2.45) is 0 Å². The number of ether oxygens (including phenoxy) is 1. The van der Waals surface area contributed by atoms with Gasteiger partial charge in [-0.3, -0.25) is 4.90 Å². The zero-order valence-electron chi connectivity index (χ0n) is 11.0. The maximum atomic E-state index is 12.5. The van der Waals surface area contributed by atoms with Crippen LogP contribution in [0.5, 0.6) is 5.75 Å². The van der Waals surface area contributed by atoms with Gasteiger partial charge in [0.25, 0.3) is 0 Å². The number of nitrogen functional groups attached to an aromatic ring is 1. The van der Waals surface area contributed by atoms with Crippen LogP contribution in [-0.2, 0) is 0 Å². The van der Waals surface area contributed by atoms with Gasteiger partial charge in [0.1, 0.15) is 12.4 Å². The summed E-state index contributed by atoms with van der Waals surface area (Å²) in [5.41, 5.74) is 5.86. The van der Waals surface area contributed by atoms with Crippen molar-refractivity contribution in [3.63, 3.8) is 0 Å². The van der Waals surface area contributed by atoms with Crippen LogP contribution < -0.4 is 10.5 Å². The van der Waals surface area contributed by atoms with E-state index in [9.17, 15) is 13.2 Å². The van der Waals surface area contributed by atoms with Gasteiger partial charge in [0.05, 0.1) is 5.69 Å². The molecular weight excluding hydrogens is 269 g/mol. The van der Waals surface area contributed by atoms with Crippen LogP contribution in [0.3, 0.4) is 0 Å². The Kier molecular flexibility index (Phi) is 4.54. The molecule has 1 heterocycles. The first-order chi connectivity index (χ1) is 9.47. The van der Waals surface area contributed by atoms with Crippen LogP contribution in [0.25, 0.3) is 0 Å². The summed E-state index contributed by atoms with van der Waals surface area (Å²) in [5.74, 6) is 0.607. The van der Waals surface area contributed by atoms with E-state index in [0.717, 1.165) is 0 Å². The van der Waals surface area contributed by atoms with Gasteiger partial charge in [0.2, 0.25) is 0 Å². The minimum Gasteiger partial charge on any atom is -0.490 e. The second-order valence-electron chi connectivity index (χ2n) is 4.66. The Balaban J connectivity index is 1.77. The molecule has 2 rings (SSSR count). The van der Waals surface area contributed by atoms with Gasteiger partial charge in [-0.1, -0.05) is 18.2 Å². The van der Waals surface area contributed by atoms with Gasteiger partial charge in [0, 0.05) is 25.2 Å². The molecule has 3 nitrogen and oxygen atoms in total. The molecule has 0 aromatic heterocycles. The first-order valence-electron chi connectivity index (χ1n) is 6.42. The Morgan fingerprint density at radius 3 is 2.60 bits per heavy atom. The molecule has 0 radical (unpaired) electrons. The first kappa shape index (κ1) is 14.7. The van der Waals surface area contributed by atoms with Crippen LogP contribution in [0.4, 0.5) is 18.9 Å². The van der Waals surface area contributed by atoms with E-state index >= 15 is 0 Å². The monoisotopic (exact) mass is 286 g/mol. The van der Waals surface area contributed by atoms with E-state index in [2.05, 4.69) is 0 Å². The van der Waals surface area contributed by atoms with E-state index in [1.807, 2.05) is 17.0 Å². The summed E-state index contributed by atoms with van der Waals surface area (Å²) >= 11 is 0. The number of nitrogens with two attached hydrogens (primary N) is 1. The summed E-state index contributed by atoms with van der Waals surface area (Å²) in [6.07, 6.45) is -2.90. The van der Waals surface area contributed by atoms with Crippen molar-refractivity contribution in [2.75, 3.05) is 32.0 Å². The highest BCUT2D eigenvalue weighted by Gasteiger charge is 2.34. The van der Waals surface area contributed by atoms with E-state index < -0.39 is 11.7 Å². The highest BCUT2D eigenvalue weighted by atomic mass is 19.4. The minimum absolute atomic E-state index is 0.0387. The molecule has 0 saturated heterocycles. The Morgan fingerprint density at radius 2 is 2.00 bits per heavy atom. The molecular formula is C14H17F3N2O. The van der Waals surface area contributed by atoms with Crippen LogP contribution >= 0.6 is 0 Å². The van der Waals surface area contributed by atoms with Gasteiger partial charge >= 0.3 is 6.18 Å². The molecule has 110 valence electrons. The lowest BCUT2D eigenvalue weighted by atomic mass is 10.1. The Morgan fingerprint density at radius 1 is 1.25 bits per heavy atom. The van der Waals surface area contributed by atoms with Gasteiger partial charge in [0.15, 0.2) is 0 Å². The van der Waals surface area contributed by atoms with Crippen molar-refractivity contribution in [2.45, 2.75) is 12.6 Å². The summed E-state index contributed by atoms with van der Waals surface area (Å²) in [5, 5.41) is 0. The molecule has 1 aromatic rings. The highest BCUT2D eigenvalue weighted by Crippen LogP contribution is 2.30. The lowest BCUT2D eigenvalue weighted by Crippen LogP contribution is -2.34. The normalized spacial score (nSPS) is 16.9. The fourth-order valence-electron chi connectivity index (χ4n) is 2.07. The second kappa shape index (κ2) is 6.17. The van der Waals surface area contributed by atoms with Gasteiger partial charge < -0.3 is 10.5 Å². The van der Waals surface area contributed by atoms with E-state index in [1.165, 1.54) is 6.08 Å². The van der Waals surface area contributed by atoms with Crippen LogP contribution in [0.2, 0.25) is 0 Å².